The van der Waals surface area contributed by atoms with Crippen molar-refractivity contribution in [3.8, 4) is 0 Å². The second-order valence-corrected chi connectivity index (χ2v) is 12.1. The van der Waals surface area contributed by atoms with E-state index < -0.39 is 5.97 Å². The molecule has 0 spiro atoms. The molecule has 0 bridgehead atoms. The van der Waals surface area contributed by atoms with Gasteiger partial charge in [-0.15, -0.1) is 0 Å². The largest absolute Gasteiger partial charge is 0.481 e. The summed E-state index contributed by atoms with van der Waals surface area (Å²) >= 11 is 0. The lowest BCUT2D eigenvalue weighted by molar-refractivity contribution is -0.139. The van der Waals surface area contributed by atoms with Gasteiger partial charge in [0.2, 0.25) is 12.3 Å². The lowest BCUT2D eigenvalue weighted by Crippen LogP contribution is -2.48. The first-order valence-electron chi connectivity index (χ1n) is 15.1. The first kappa shape index (κ1) is 42.8. The number of carboxylic acid groups (broad SMARTS) is 1. The molecule has 1 N–H and O–H groups in total. The van der Waals surface area contributed by atoms with E-state index in [0.29, 0.717) is 38.1 Å². The number of carboxylic acids is 1. The maximum atomic E-state index is 12.0. The molecule has 1 heterocycles. The zero-order valence-electron chi connectivity index (χ0n) is 28.3. The Hall–Kier alpha value is -1.71. The highest BCUT2D eigenvalue weighted by Gasteiger charge is 2.26. The van der Waals surface area contributed by atoms with Crippen molar-refractivity contribution in [2.75, 3.05) is 53.5 Å². The van der Waals surface area contributed by atoms with E-state index in [0.717, 1.165) is 32.3 Å². The highest BCUT2D eigenvalue weighted by Crippen LogP contribution is 2.17. The maximum absolute atomic E-state index is 12.0. The van der Waals surface area contributed by atoms with Crippen LogP contribution in [0.2, 0.25) is 0 Å². The van der Waals surface area contributed by atoms with E-state index in [9.17, 15) is 14.4 Å². The number of amides is 2. The van der Waals surface area contributed by atoms with Crippen LogP contribution in [0.4, 0.5) is 0 Å². The number of hydrogen-bond acceptors (Lipinski definition) is 6. The van der Waals surface area contributed by atoms with Crippen molar-refractivity contribution in [3.05, 3.63) is 0 Å². The van der Waals surface area contributed by atoms with Gasteiger partial charge < -0.3 is 29.3 Å². The standard InChI is InChI=1S/C15H29N3O3.C8H16O3.C6H14.C2H6/c1-13(2)21-10-9-18(12-19)14-5-7-17(8-6-14)15(20)11-16(3)4;1-4-11-8(2,3)6-5-7(9)10;1-5-6(2,3)4;1-2/h12-14H,5-11H2,1-4H3;4-6H2,1-3H3,(H,9,10);5H2,1-4H3;1-2H3. The van der Waals surface area contributed by atoms with Crippen LogP contribution in [0.15, 0.2) is 0 Å². The number of carbonyl (C=O) groups excluding carboxylic acids is 2. The van der Waals surface area contributed by atoms with E-state index in [1.807, 2.05) is 77.3 Å². The second-order valence-electron chi connectivity index (χ2n) is 12.1. The van der Waals surface area contributed by atoms with Crippen LogP contribution >= 0.6 is 0 Å². The van der Waals surface area contributed by atoms with Crippen molar-refractivity contribution in [2.45, 2.75) is 126 Å². The van der Waals surface area contributed by atoms with E-state index in [1.54, 1.807) is 0 Å². The van der Waals surface area contributed by atoms with Gasteiger partial charge in [-0.25, -0.2) is 0 Å². The van der Waals surface area contributed by atoms with E-state index >= 15 is 0 Å². The number of carbonyl (C=O) groups is 3. The molecule has 0 radical (unpaired) electrons. The zero-order valence-corrected chi connectivity index (χ0v) is 28.3. The van der Waals surface area contributed by atoms with Gasteiger partial charge in [-0.3, -0.25) is 14.4 Å². The van der Waals surface area contributed by atoms with Gasteiger partial charge in [0.1, 0.15) is 0 Å². The quantitative estimate of drug-likeness (QED) is 0.287. The Balaban J connectivity index is -0.000000601. The van der Waals surface area contributed by atoms with Crippen LogP contribution < -0.4 is 0 Å². The van der Waals surface area contributed by atoms with E-state index in [-0.39, 0.29) is 30.1 Å². The van der Waals surface area contributed by atoms with Gasteiger partial charge in [-0.05, 0) is 73.4 Å². The summed E-state index contributed by atoms with van der Waals surface area (Å²) in [6, 6.07) is 0.224. The van der Waals surface area contributed by atoms with Crippen LogP contribution in [0.1, 0.15) is 108 Å². The van der Waals surface area contributed by atoms with Crippen molar-refractivity contribution in [1.29, 1.82) is 0 Å². The average Bonchev–Trinajstić information content (AvgIpc) is 2.86. The molecule has 0 aromatic rings. The summed E-state index contributed by atoms with van der Waals surface area (Å²) in [4.78, 5) is 39.0. The van der Waals surface area contributed by atoms with Gasteiger partial charge in [-0.2, -0.15) is 0 Å². The summed E-state index contributed by atoms with van der Waals surface area (Å²) < 4.78 is 10.8. The summed E-state index contributed by atoms with van der Waals surface area (Å²) in [6.07, 6.45) is 4.80. The highest BCUT2D eigenvalue weighted by molar-refractivity contribution is 5.78. The lowest BCUT2D eigenvalue weighted by atomic mass is 9.94. The van der Waals surface area contributed by atoms with Crippen LogP contribution in [-0.4, -0.2) is 109 Å². The third kappa shape index (κ3) is 26.5. The zero-order chi connectivity index (χ0) is 31.9. The van der Waals surface area contributed by atoms with Gasteiger partial charge in [0.15, 0.2) is 0 Å². The molecule has 0 unspecified atom stereocenters. The third-order valence-corrected chi connectivity index (χ3v) is 6.21. The molecule has 1 fully saturated rings. The Bertz CT molecular complexity index is 639. The van der Waals surface area contributed by atoms with Crippen molar-refractivity contribution < 1.29 is 29.0 Å². The topological polar surface area (TPSA) is 99.6 Å². The summed E-state index contributed by atoms with van der Waals surface area (Å²) in [6.45, 7) is 26.3. The fourth-order valence-corrected chi connectivity index (χ4v) is 3.40. The molecule has 9 heteroatoms. The van der Waals surface area contributed by atoms with Gasteiger partial charge >= 0.3 is 5.97 Å². The smallest absolute Gasteiger partial charge is 0.303 e. The molecule has 9 nitrogen and oxygen atoms in total. The van der Waals surface area contributed by atoms with Crippen molar-refractivity contribution in [2.24, 2.45) is 5.41 Å². The van der Waals surface area contributed by atoms with E-state index in [1.165, 1.54) is 6.42 Å². The molecular formula is C31H65N3O6. The van der Waals surface area contributed by atoms with Crippen molar-refractivity contribution >= 4 is 18.3 Å². The number of nitrogens with zero attached hydrogens (tertiary/aromatic N) is 3. The Morgan fingerprint density at radius 3 is 1.90 bits per heavy atom. The van der Waals surface area contributed by atoms with Crippen LogP contribution in [0.3, 0.4) is 0 Å². The molecule has 0 aliphatic carbocycles. The van der Waals surface area contributed by atoms with Crippen LogP contribution in [0.5, 0.6) is 0 Å². The first-order chi connectivity index (χ1) is 18.5. The summed E-state index contributed by atoms with van der Waals surface area (Å²) in [5, 5.41) is 8.39. The summed E-state index contributed by atoms with van der Waals surface area (Å²) in [5.74, 6) is -0.600. The summed E-state index contributed by atoms with van der Waals surface area (Å²) in [7, 11) is 3.79. The average molecular weight is 576 g/mol. The molecule has 1 rings (SSSR count). The number of rotatable bonds is 13. The molecular weight excluding hydrogens is 510 g/mol. The first-order valence-corrected chi connectivity index (χ1v) is 15.1. The van der Waals surface area contributed by atoms with E-state index in [2.05, 4.69) is 27.7 Å². The van der Waals surface area contributed by atoms with Crippen molar-refractivity contribution in [1.82, 2.24) is 14.7 Å². The number of aliphatic carboxylic acids is 1. The predicted molar refractivity (Wildman–Crippen MR) is 166 cm³/mol. The number of likely N-dealkylation sites (N-methyl/N-ethyl adjacent to an activating group) is 1. The predicted octanol–water partition coefficient (Wildman–Crippen LogP) is 5.56. The molecule has 40 heavy (non-hydrogen) atoms. The molecule has 1 aliphatic heterocycles. The summed E-state index contributed by atoms with van der Waals surface area (Å²) in [5.41, 5.74) is 0.243. The number of ether oxygens (including phenoxy) is 2. The minimum Gasteiger partial charge on any atom is -0.481 e. The van der Waals surface area contributed by atoms with Gasteiger partial charge in [0.05, 0.1) is 24.9 Å². The van der Waals surface area contributed by atoms with Crippen LogP contribution in [0, 0.1) is 5.41 Å². The van der Waals surface area contributed by atoms with Crippen LogP contribution in [-0.2, 0) is 23.9 Å². The SMILES string of the molecule is CC.CC(C)OCCN(C=O)C1CCN(C(=O)CN(C)C)CC1.CCC(C)(C)C.CCOC(C)(C)CCC(=O)O. The molecule has 1 aliphatic rings. The second kappa shape index (κ2) is 23.9. The third-order valence-electron chi connectivity index (χ3n) is 6.21. The molecule has 1 saturated heterocycles. The molecule has 0 aromatic heterocycles. The Labute approximate surface area is 246 Å². The normalized spacial score (nSPS) is 13.8. The number of piperidine rings is 1. The fourth-order valence-electron chi connectivity index (χ4n) is 3.40. The molecule has 0 aromatic carbocycles. The van der Waals surface area contributed by atoms with Gasteiger partial charge in [0.25, 0.3) is 0 Å². The number of hydrogen-bond donors (Lipinski definition) is 1. The van der Waals surface area contributed by atoms with Crippen LogP contribution in [0.25, 0.3) is 0 Å². The number of likely N-dealkylation sites (tertiary alicyclic amines) is 1. The lowest BCUT2D eigenvalue weighted by Gasteiger charge is -2.37. The Kier molecular flexibility index (Phi) is 25.6. The monoisotopic (exact) mass is 575 g/mol. The highest BCUT2D eigenvalue weighted by atomic mass is 16.5. The van der Waals surface area contributed by atoms with Crippen molar-refractivity contribution in [3.63, 3.8) is 0 Å². The maximum Gasteiger partial charge on any atom is 0.303 e. The Morgan fingerprint density at radius 1 is 1.05 bits per heavy atom. The van der Waals surface area contributed by atoms with Gasteiger partial charge in [0, 0.05) is 38.7 Å². The molecule has 0 atom stereocenters. The molecule has 240 valence electrons. The minimum absolute atomic E-state index is 0.166. The Morgan fingerprint density at radius 2 is 1.55 bits per heavy atom. The van der Waals surface area contributed by atoms with Gasteiger partial charge in [-0.1, -0.05) is 48.0 Å². The molecule has 2 amide bonds. The molecule has 0 saturated carbocycles. The fraction of sp³-hybridized carbons (Fsp3) is 0.903. The minimum atomic E-state index is -0.766. The van der Waals surface area contributed by atoms with E-state index in [4.69, 9.17) is 14.6 Å².